The van der Waals surface area contributed by atoms with Gasteiger partial charge in [0.15, 0.2) is 11.5 Å². The van der Waals surface area contributed by atoms with Gasteiger partial charge in [-0.1, -0.05) is 30.8 Å². The van der Waals surface area contributed by atoms with Crippen LogP contribution in [-0.4, -0.2) is 118 Å². The second kappa shape index (κ2) is 20.9. The second-order valence-electron chi connectivity index (χ2n) is 15.5. The third-order valence-electron chi connectivity index (χ3n) is 10.9. The quantitative estimate of drug-likeness (QED) is 0.0683. The van der Waals surface area contributed by atoms with Crippen molar-refractivity contribution in [3.05, 3.63) is 102 Å². The number of piperazine rings is 1. The summed E-state index contributed by atoms with van der Waals surface area (Å²) in [6.07, 6.45) is -0.953. The number of aromatic nitrogens is 1. The largest absolute Gasteiger partial charge is 0.586 e. The van der Waals surface area contributed by atoms with E-state index in [0.717, 1.165) is 5.56 Å². The van der Waals surface area contributed by atoms with E-state index in [1.165, 1.54) is 28.0 Å². The molecular weight excluding hydrogens is 851 g/mol. The number of rotatable bonds is 22. The summed E-state index contributed by atoms with van der Waals surface area (Å²) in [5.41, 5.74) is 2.14. The van der Waals surface area contributed by atoms with E-state index in [-0.39, 0.29) is 71.4 Å². The standard InChI is InChI=1S/C46H50F2N6O11.3H2/c1-3-39(56)53-19-20-54(40(57)29-53)41-14-10-34(63-41)9-13-38(55)49-17-21-60-23-25-62-26-24-61-22-18-50-43(58)32-6-4-5-31(27-32)42-30(2)7-12-37(51-42)52-44(59)45(15-16-45)33-8-11-35-36(28-33)65-46(47,48)64-35;;;/h3-8,10-12,14,27-28H,1,9,13,15-26,29H2,2H3,(H,49,55)(H,50,58)(H,51,52,59);3*1H. The van der Waals surface area contributed by atoms with Crippen molar-refractivity contribution in [2.75, 3.05) is 82.6 Å². The Balaban J connectivity index is 0.00000336. The van der Waals surface area contributed by atoms with Crippen LogP contribution in [0.15, 0.2) is 83.8 Å². The first kappa shape index (κ1) is 46.3. The van der Waals surface area contributed by atoms with Gasteiger partial charge in [-0.3, -0.25) is 28.9 Å². The van der Waals surface area contributed by atoms with E-state index in [4.69, 9.17) is 18.6 Å². The first-order valence-corrected chi connectivity index (χ1v) is 21.2. The van der Waals surface area contributed by atoms with Gasteiger partial charge in [0.2, 0.25) is 29.5 Å². The number of nitrogens with zero attached hydrogens (tertiary/aromatic N) is 3. The number of ether oxygens (including phenoxy) is 5. The molecular formula is C46H56F2N6O11. The predicted molar refractivity (Wildman–Crippen MR) is 237 cm³/mol. The lowest BCUT2D eigenvalue weighted by Crippen LogP contribution is -2.52. The highest BCUT2D eigenvalue weighted by molar-refractivity contribution is 6.01. The summed E-state index contributed by atoms with van der Waals surface area (Å²) in [6.45, 7) is 8.46. The van der Waals surface area contributed by atoms with Gasteiger partial charge in [-0.25, -0.2) is 4.98 Å². The van der Waals surface area contributed by atoms with Gasteiger partial charge in [0.25, 0.3) is 5.91 Å². The molecule has 17 nitrogen and oxygen atoms in total. The molecule has 4 heterocycles. The number of hydrogen-bond donors (Lipinski definition) is 3. The van der Waals surface area contributed by atoms with Crippen LogP contribution >= 0.6 is 0 Å². The number of hydrogen-bond acceptors (Lipinski definition) is 12. The van der Waals surface area contributed by atoms with Gasteiger partial charge in [-0.2, -0.15) is 0 Å². The number of amides is 5. The molecule has 2 aromatic heterocycles. The molecule has 0 unspecified atom stereocenters. The van der Waals surface area contributed by atoms with Crippen molar-refractivity contribution in [1.29, 1.82) is 0 Å². The maximum atomic E-state index is 13.6. The van der Waals surface area contributed by atoms with Crippen LogP contribution in [0, 0.1) is 6.92 Å². The van der Waals surface area contributed by atoms with Crippen molar-refractivity contribution in [3.8, 4) is 22.8 Å². The Hall–Kier alpha value is -6.70. The van der Waals surface area contributed by atoms with Crippen molar-refractivity contribution in [2.45, 2.75) is 44.3 Å². The Morgan fingerprint density at radius 2 is 1.60 bits per heavy atom. The van der Waals surface area contributed by atoms with Crippen molar-refractivity contribution in [3.63, 3.8) is 0 Å². The summed E-state index contributed by atoms with van der Waals surface area (Å²) < 4.78 is 58.6. The summed E-state index contributed by atoms with van der Waals surface area (Å²) in [6, 6.07) is 18.3. The number of anilines is 2. The van der Waals surface area contributed by atoms with Gasteiger partial charge in [-0.05, 0) is 73.4 Å². The Morgan fingerprint density at radius 1 is 0.877 bits per heavy atom. The molecule has 1 saturated carbocycles. The zero-order chi connectivity index (χ0) is 46.0. The lowest BCUT2D eigenvalue weighted by atomic mass is 9.94. The first-order valence-electron chi connectivity index (χ1n) is 21.2. The number of aryl methyl sites for hydroxylation is 2. The highest BCUT2D eigenvalue weighted by Crippen LogP contribution is 2.52. The number of pyridine rings is 1. The number of fused-ring (bicyclic) bond motifs is 1. The third kappa shape index (κ3) is 11.9. The molecule has 1 aliphatic carbocycles. The number of carbonyl (C=O) groups is 5. The Bertz CT molecular complexity index is 2420. The molecule has 2 aliphatic heterocycles. The van der Waals surface area contributed by atoms with E-state index in [2.05, 4.69) is 37.0 Å². The summed E-state index contributed by atoms with van der Waals surface area (Å²) in [7, 11) is 0. The van der Waals surface area contributed by atoms with E-state index in [1.807, 2.05) is 19.1 Å². The van der Waals surface area contributed by atoms with Crippen molar-refractivity contribution >= 4 is 41.2 Å². The molecule has 3 aliphatic rings. The Morgan fingerprint density at radius 3 is 2.32 bits per heavy atom. The molecule has 2 fully saturated rings. The summed E-state index contributed by atoms with van der Waals surface area (Å²) in [4.78, 5) is 70.7. The average molecular weight is 907 g/mol. The molecule has 7 rings (SSSR count). The van der Waals surface area contributed by atoms with Crippen molar-refractivity contribution < 1.29 is 65.1 Å². The lowest BCUT2D eigenvalue weighted by Gasteiger charge is -2.32. The van der Waals surface area contributed by atoms with Crippen LogP contribution < -0.4 is 30.3 Å². The fourth-order valence-corrected chi connectivity index (χ4v) is 7.29. The zero-order valence-electron chi connectivity index (χ0n) is 35.8. The van der Waals surface area contributed by atoms with Gasteiger partial charge >= 0.3 is 6.29 Å². The minimum Gasteiger partial charge on any atom is -0.445 e. The highest BCUT2D eigenvalue weighted by Gasteiger charge is 2.53. The normalized spacial score (nSPS) is 15.6. The molecule has 0 spiro atoms. The minimum atomic E-state index is -3.75. The first-order chi connectivity index (χ1) is 31.3. The van der Waals surface area contributed by atoms with Crippen LogP contribution in [0.25, 0.3) is 11.3 Å². The molecule has 1 saturated heterocycles. The zero-order valence-corrected chi connectivity index (χ0v) is 35.8. The van der Waals surface area contributed by atoms with Crippen LogP contribution in [0.5, 0.6) is 11.5 Å². The van der Waals surface area contributed by atoms with Gasteiger partial charge in [0.05, 0.1) is 50.8 Å². The number of nitrogens with one attached hydrogen (secondary N) is 3. The smallest absolute Gasteiger partial charge is 0.445 e. The highest BCUT2D eigenvalue weighted by atomic mass is 19.3. The maximum absolute atomic E-state index is 13.6. The fraction of sp³-hybridized carbons (Fsp3) is 0.391. The molecule has 5 amide bonds. The van der Waals surface area contributed by atoms with Crippen LogP contribution in [0.4, 0.5) is 20.5 Å². The molecule has 3 N–H and O–H groups in total. The predicted octanol–water partition coefficient (Wildman–Crippen LogP) is 5.27. The van der Waals surface area contributed by atoms with E-state index in [9.17, 15) is 32.8 Å². The average Bonchev–Trinajstić information content (AvgIpc) is 3.87. The molecule has 0 atom stereocenters. The van der Waals surface area contributed by atoms with Crippen LogP contribution in [-0.2, 0) is 45.2 Å². The molecule has 0 bridgehead atoms. The maximum Gasteiger partial charge on any atom is 0.586 e. The number of halogens is 2. The van der Waals surface area contributed by atoms with Crippen molar-refractivity contribution in [1.82, 2.24) is 20.5 Å². The van der Waals surface area contributed by atoms with Gasteiger partial charge in [-0.15, -0.1) is 8.78 Å². The monoisotopic (exact) mass is 906 g/mol. The number of alkyl halides is 2. The van der Waals surface area contributed by atoms with Gasteiger partial charge in [0.1, 0.15) is 18.1 Å². The van der Waals surface area contributed by atoms with Gasteiger partial charge in [0, 0.05) is 60.5 Å². The van der Waals surface area contributed by atoms with E-state index in [0.29, 0.717) is 112 Å². The van der Waals surface area contributed by atoms with E-state index < -0.39 is 11.7 Å². The molecule has 350 valence electrons. The number of carbonyl (C=O) groups excluding carboxylic acids is 5. The van der Waals surface area contributed by atoms with E-state index in [1.54, 1.807) is 42.5 Å². The van der Waals surface area contributed by atoms with Gasteiger partial charge < -0.3 is 49.0 Å². The third-order valence-corrected chi connectivity index (χ3v) is 10.9. The van der Waals surface area contributed by atoms with Crippen molar-refractivity contribution in [2.24, 2.45) is 0 Å². The minimum absolute atomic E-state index is 0. The molecule has 19 heteroatoms. The second-order valence-corrected chi connectivity index (χ2v) is 15.5. The molecule has 0 radical (unpaired) electrons. The number of benzene rings is 2. The Kier molecular flexibility index (Phi) is 14.9. The fourth-order valence-electron chi connectivity index (χ4n) is 7.29. The summed E-state index contributed by atoms with van der Waals surface area (Å²) >= 11 is 0. The Labute approximate surface area is 377 Å². The van der Waals surface area contributed by atoms with E-state index >= 15 is 0 Å². The summed E-state index contributed by atoms with van der Waals surface area (Å²) in [5, 5.41) is 8.52. The summed E-state index contributed by atoms with van der Waals surface area (Å²) in [5.74, 6) is -0.266. The lowest BCUT2D eigenvalue weighted by molar-refractivity contribution is -0.286. The van der Waals surface area contributed by atoms with Crippen LogP contribution in [0.2, 0.25) is 0 Å². The molecule has 65 heavy (non-hydrogen) atoms. The number of furan rings is 1. The molecule has 2 aromatic carbocycles. The molecule has 4 aromatic rings. The SMILES string of the molecule is C=CC(=O)N1CCN(c2ccc(CCC(=O)NCCOCCOCCOCCNC(=O)c3cccc(-c4nc(NC(=O)C5(c6ccc7c(c6)OC(F)(F)O7)CC5)ccc4C)c3)o2)C(=O)C1.[HH].[HH].[HH]. The topological polar surface area (TPSA) is 200 Å². The van der Waals surface area contributed by atoms with Crippen LogP contribution in [0.1, 0.15) is 50.8 Å². The van der Waals surface area contributed by atoms with Crippen LogP contribution in [0.3, 0.4) is 0 Å².